The first-order chi connectivity index (χ1) is 12.6. The second kappa shape index (κ2) is 7.83. The Morgan fingerprint density at radius 1 is 1.08 bits per heavy atom. The quantitative estimate of drug-likeness (QED) is 0.684. The minimum Gasteiger partial charge on any atom is -0.347 e. The molecule has 0 unspecified atom stereocenters. The van der Waals surface area contributed by atoms with Gasteiger partial charge in [-0.05, 0) is 19.4 Å². The standard InChI is InChI=1S/C22H23N3O/c1-16(2)22(26)23-14-20-21(19-12-8-5-9-13-19)25(17(3)24-20)15-18-10-6-4-7-11-18/h4-13H,1,14-15H2,2-3H3,(H,23,26). The van der Waals surface area contributed by atoms with Gasteiger partial charge >= 0.3 is 0 Å². The minimum absolute atomic E-state index is 0.153. The lowest BCUT2D eigenvalue weighted by Crippen LogP contribution is -2.23. The van der Waals surface area contributed by atoms with Crippen molar-refractivity contribution in [3.8, 4) is 11.3 Å². The first-order valence-electron chi connectivity index (χ1n) is 8.65. The molecule has 132 valence electrons. The molecule has 3 rings (SSSR count). The number of benzene rings is 2. The van der Waals surface area contributed by atoms with Gasteiger partial charge in [-0.25, -0.2) is 4.98 Å². The highest BCUT2D eigenvalue weighted by molar-refractivity contribution is 5.92. The maximum absolute atomic E-state index is 11.9. The number of aryl methyl sites for hydroxylation is 1. The van der Waals surface area contributed by atoms with Crippen LogP contribution in [0.5, 0.6) is 0 Å². The van der Waals surface area contributed by atoms with E-state index in [4.69, 9.17) is 4.98 Å². The molecular weight excluding hydrogens is 322 g/mol. The van der Waals surface area contributed by atoms with Crippen LogP contribution in [-0.4, -0.2) is 15.5 Å². The van der Waals surface area contributed by atoms with Gasteiger partial charge in [0, 0.05) is 17.7 Å². The number of carbonyl (C=O) groups is 1. The zero-order chi connectivity index (χ0) is 18.5. The lowest BCUT2D eigenvalue weighted by Gasteiger charge is -2.12. The molecule has 4 heteroatoms. The number of carbonyl (C=O) groups excluding carboxylic acids is 1. The summed E-state index contributed by atoms with van der Waals surface area (Å²) in [4.78, 5) is 16.6. The predicted octanol–water partition coefficient (Wildman–Crippen LogP) is 4.10. The summed E-state index contributed by atoms with van der Waals surface area (Å²) in [6.45, 7) is 8.50. The molecule has 1 N–H and O–H groups in total. The van der Waals surface area contributed by atoms with Crippen LogP contribution in [0.1, 0.15) is 24.0 Å². The van der Waals surface area contributed by atoms with E-state index in [1.54, 1.807) is 6.92 Å². The molecule has 0 aliphatic heterocycles. The van der Waals surface area contributed by atoms with E-state index < -0.39 is 0 Å². The van der Waals surface area contributed by atoms with Crippen molar-refractivity contribution in [3.63, 3.8) is 0 Å². The third-order valence-corrected chi connectivity index (χ3v) is 4.27. The van der Waals surface area contributed by atoms with Crippen molar-refractivity contribution < 1.29 is 4.79 Å². The number of aromatic nitrogens is 2. The molecule has 0 saturated carbocycles. The molecule has 0 atom stereocenters. The van der Waals surface area contributed by atoms with Crippen molar-refractivity contribution in [2.75, 3.05) is 0 Å². The number of imidazole rings is 1. The second-order valence-electron chi connectivity index (χ2n) is 6.36. The maximum Gasteiger partial charge on any atom is 0.246 e. The van der Waals surface area contributed by atoms with Crippen LogP contribution in [0.3, 0.4) is 0 Å². The van der Waals surface area contributed by atoms with Gasteiger partial charge in [-0.2, -0.15) is 0 Å². The van der Waals surface area contributed by atoms with Crippen LogP contribution >= 0.6 is 0 Å². The van der Waals surface area contributed by atoms with Gasteiger partial charge in [-0.3, -0.25) is 4.79 Å². The molecule has 1 amide bonds. The molecule has 0 fully saturated rings. The van der Waals surface area contributed by atoms with Gasteiger partial charge in [-0.1, -0.05) is 67.2 Å². The number of hydrogen-bond donors (Lipinski definition) is 1. The van der Waals surface area contributed by atoms with E-state index >= 15 is 0 Å². The topological polar surface area (TPSA) is 46.9 Å². The Balaban J connectivity index is 2.00. The molecule has 4 nitrogen and oxygen atoms in total. The van der Waals surface area contributed by atoms with Gasteiger partial charge in [0.2, 0.25) is 5.91 Å². The Labute approximate surface area is 154 Å². The SMILES string of the molecule is C=C(C)C(=O)NCc1nc(C)n(Cc2ccccc2)c1-c1ccccc1. The van der Waals surface area contributed by atoms with Crippen LogP contribution in [0.4, 0.5) is 0 Å². The summed E-state index contributed by atoms with van der Waals surface area (Å²) in [6, 6.07) is 20.5. The summed E-state index contributed by atoms with van der Waals surface area (Å²) in [5.41, 5.74) is 4.69. The Bertz CT molecular complexity index is 911. The van der Waals surface area contributed by atoms with Gasteiger partial charge in [0.25, 0.3) is 0 Å². The van der Waals surface area contributed by atoms with Crippen molar-refractivity contribution >= 4 is 5.91 Å². The summed E-state index contributed by atoms with van der Waals surface area (Å²) in [5.74, 6) is 0.770. The molecule has 0 saturated heterocycles. The van der Waals surface area contributed by atoms with Crippen LogP contribution < -0.4 is 5.32 Å². The number of amides is 1. The molecule has 1 heterocycles. The molecular formula is C22H23N3O. The number of nitrogens with one attached hydrogen (secondary N) is 1. The highest BCUT2D eigenvalue weighted by Gasteiger charge is 2.17. The second-order valence-corrected chi connectivity index (χ2v) is 6.36. The summed E-state index contributed by atoms with van der Waals surface area (Å²) in [6.07, 6.45) is 0. The Kier molecular flexibility index (Phi) is 5.32. The summed E-state index contributed by atoms with van der Waals surface area (Å²) >= 11 is 0. The largest absolute Gasteiger partial charge is 0.347 e. The summed E-state index contributed by atoms with van der Waals surface area (Å²) in [7, 11) is 0. The molecule has 0 spiro atoms. The fourth-order valence-electron chi connectivity index (χ4n) is 2.94. The molecule has 0 aliphatic carbocycles. The molecule has 0 radical (unpaired) electrons. The minimum atomic E-state index is -0.153. The molecule has 0 aliphatic rings. The molecule has 1 aromatic heterocycles. The van der Waals surface area contributed by atoms with Crippen molar-refractivity contribution in [2.24, 2.45) is 0 Å². The molecule has 2 aromatic carbocycles. The Morgan fingerprint density at radius 3 is 2.31 bits per heavy atom. The van der Waals surface area contributed by atoms with Gasteiger partial charge in [0.15, 0.2) is 0 Å². The smallest absolute Gasteiger partial charge is 0.246 e. The van der Waals surface area contributed by atoms with E-state index in [-0.39, 0.29) is 5.91 Å². The third-order valence-electron chi connectivity index (χ3n) is 4.27. The van der Waals surface area contributed by atoms with Gasteiger partial charge in [0.1, 0.15) is 5.82 Å². The average Bonchev–Trinajstić information content (AvgIpc) is 2.96. The number of rotatable bonds is 6. The number of nitrogens with zero attached hydrogens (tertiary/aromatic N) is 2. The van der Waals surface area contributed by atoms with Crippen LogP contribution in [0, 0.1) is 6.92 Å². The summed E-state index contributed by atoms with van der Waals surface area (Å²) in [5, 5.41) is 2.90. The van der Waals surface area contributed by atoms with Crippen molar-refractivity contribution in [1.82, 2.24) is 14.9 Å². The van der Waals surface area contributed by atoms with E-state index in [9.17, 15) is 4.79 Å². The van der Waals surface area contributed by atoms with E-state index in [2.05, 4.69) is 40.7 Å². The lowest BCUT2D eigenvalue weighted by molar-refractivity contribution is -0.117. The zero-order valence-electron chi connectivity index (χ0n) is 15.2. The van der Waals surface area contributed by atoms with Crippen LogP contribution in [0.15, 0.2) is 72.8 Å². The van der Waals surface area contributed by atoms with Crippen molar-refractivity contribution in [2.45, 2.75) is 26.9 Å². The first kappa shape index (κ1) is 17.7. The van der Waals surface area contributed by atoms with E-state index in [0.717, 1.165) is 29.3 Å². The van der Waals surface area contributed by atoms with Crippen LogP contribution in [0.2, 0.25) is 0 Å². The normalized spacial score (nSPS) is 10.5. The van der Waals surface area contributed by atoms with Crippen LogP contribution in [0.25, 0.3) is 11.3 Å². The highest BCUT2D eigenvalue weighted by Crippen LogP contribution is 2.26. The van der Waals surface area contributed by atoms with Gasteiger partial charge < -0.3 is 9.88 Å². The highest BCUT2D eigenvalue weighted by atomic mass is 16.1. The molecule has 0 bridgehead atoms. The average molecular weight is 345 g/mol. The molecule has 3 aromatic rings. The lowest BCUT2D eigenvalue weighted by atomic mass is 10.1. The summed E-state index contributed by atoms with van der Waals surface area (Å²) < 4.78 is 2.20. The van der Waals surface area contributed by atoms with Crippen molar-refractivity contribution in [3.05, 3.63) is 89.9 Å². The van der Waals surface area contributed by atoms with Crippen LogP contribution in [-0.2, 0) is 17.9 Å². The number of hydrogen-bond acceptors (Lipinski definition) is 2. The monoisotopic (exact) mass is 345 g/mol. The van der Waals surface area contributed by atoms with E-state index in [1.165, 1.54) is 5.56 Å². The fraction of sp³-hybridized carbons (Fsp3) is 0.182. The maximum atomic E-state index is 11.9. The van der Waals surface area contributed by atoms with E-state index in [0.29, 0.717) is 12.1 Å². The van der Waals surface area contributed by atoms with Gasteiger partial charge in [-0.15, -0.1) is 0 Å². The predicted molar refractivity (Wildman–Crippen MR) is 105 cm³/mol. The van der Waals surface area contributed by atoms with E-state index in [1.807, 2.05) is 43.3 Å². The van der Waals surface area contributed by atoms with Gasteiger partial charge in [0.05, 0.1) is 17.9 Å². The molecule has 26 heavy (non-hydrogen) atoms. The Morgan fingerprint density at radius 2 is 1.69 bits per heavy atom. The Hall–Kier alpha value is -3.14. The fourth-order valence-corrected chi connectivity index (χ4v) is 2.94. The third kappa shape index (κ3) is 3.91. The van der Waals surface area contributed by atoms with Crippen molar-refractivity contribution in [1.29, 1.82) is 0 Å². The first-order valence-corrected chi connectivity index (χ1v) is 8.65. The zero-order valence-corrected chi connectivity index (χ0v) is 15.2.